The molecule has 2 aliphatic heterocycles. The molecule has 138 valence electrons. The Labute approximate surface area is 158 Å². The zero-order valence-electron chi connectivity index (χ0n) is 15.6. The van der Waals surface area contributed by atoms with Crippen molar-refractivity contribution in [1.82, 2.24) is 15.5 Å². The van der Waals surface area contributed by atoms with E-state index in [0.29, 0.717) is 16.7 Å². The van der Waals surface area contributed by atoms with Crippen molar-refractivity contribution in [1.29, 1.82) is 0 Å². The van der Waals surface area contributed by atoms with Gasteiger partial charge in [0.15, 0.2) is 0 Å². The van der Waals surface area contributed by atoms with Gasteiger partial charge in [0.1, 0.15) is 5.75 Å². The minimum atomic E-state index is 0.218. The first kappa shape index (κ1) is 16.3. The maximum absolute atomic E-state index is 10.1. The lowest BCUT2D eigenvalue weighted by Gasteiger charge is -2.57. The van der Waals surface area contributed by atoms with Crippen LogP contribution in [0.2, 0.25) is 0 Å². The molecule has 5 rings (SSSR count). The summed E-state index contributed by atoms with van der Waals surface area (Å²) in [5.74, 6) is 0.218. The van der Waals surface area contributed by atoms with Gasteiger partial charge in [0.05, 0.1) is 22.6 Å². The summed E-state index contributed by atoms with van der Waals surface area (Å²) >= 11 is 0. The molecule has 2 saturated heterocycles. The van der Waals surface area contributed by atoms with E-state index in [4.69, 9.17) is 0 Å². The monoisotopic (exact) mass is 361 g/mol. The van der Waals surface area contributed by atoms with Gasteiger partial charge >= 0.3 is 0 Å². The number of nitrogens with one attached hydrogen (secondary N) is 1. The summed E-state index contributed by atoms with van der Waals surface area (Å²) in [5.41, 5.74) is 5.13. The van der Waals surface area contributed by atoms with Crippen LogP contribution in [0.1, 0.15) is 0 Å². The fourth-order valence-electron chi connectivity index (χ4n) is 4.14. The number of hydrogen-bond acceptors (Lipinski definition) is 6. The predicted octanol–water partition coefficient (Wildman–Crippen LogP) is 2.48. The molecule has 0 amide bonds. The van der Waals surface area contributed by atoms with Crippen LogP contribution in [0.25, 0.3) is 22.2 Å². The van der Waals surface area contributed by atoms with Crippen LogP contribution < -0.4 is 15.1 Å². The maximum Gasteiger partial charge on any atom is 0.125 e. The molecule has 0 unspecified atom stereocenters. The molecule has 6 nitrogen and oxygen atoms in total. The lowest BCUT2D eigenvalue weighted by molar-refractivity contribution is 0.121. The van der Waals surface area contributed by atoms with Crippen LogP contribution in [0, 0.1) is 5.41 Å². The van der Waals surface area contributed by atoms with Gasteiger partial charge in [-0.05, 0) is 30.3 Å². The lowest BCUT2D eigenvalue weighted by atomic mass is 9.74. The van der Waals surface area contributed by atoms with Crippen molar-refractivity contribution >= 4 is 22.3 Å². The number of rotatable bonds is 3. The Bertz CT molecular complexity index is 1020. The number of hydrogen-bond donors (Lipinski definition) is 2. The van der Waals surface area contributed by atoms with Gasteiger partial charge in [-0.2, -0.15) is 0 Å². The van der Waals surface area contributed by atoms with Crippen molar-refractivity contribution in [2.24, 2.45) is 5.41 Å². The summed E-state index contributed by atoms with van der Waals surface area (Å²) in [4.78, 5) is 4.59. The minimum absolute atomic E-state index is 0.218. The van der Waals surface area contributed by atoms with Crippen LogP contribution in [0.15, 0.2) is 42.5 Å². The molecule has 6 heteroatoms. The number of phenols is 1. The molecular formula is C21H23N5O. The van der Waals surface area contributed by atoms with Gasteiger partial charge in [0.25, 0.3) is 0 Å². The highest BCUT2D eigenvalue weighted by molar-refractivity contribution is 5.92. The van der Waals surface area contributed by atoms with Crippen LogP contribution >= 0.6 is 0 Å². The molecule has 2 aromatic carbocycles. The van der Waals surface area contributed by atoms with E-state index >= 15 is 0 Å². The normalized spacial score (nSPS) is 17.6. The first-order chi connectivity index (χ1) is 13.0. The Balaban J connectivity index is 1.56. The molecule has 3 heterocycles. The molecule has 2 fully saturated rings. The molecule has 0 bridgehead atoms. The van der Waals surface area contributed by atoms with Crippen LogP contribution in [-0.2, 0) is 0 Å². The number of nitrogens with zero attached hydrogens (tertiary/aromatic N) is 4. The first-order valence-electron chi connectivity index (χ1n) is 9.28. The summed E-state index contributed by atoms with van der Waals surface area (Å²) < 4.78 is 0. The minimum Gasteiger partial charge on any atom is -0.507 e. The van der Waals surface area contributed by atoms with Crippen LogP contribution in [0.5, 0.6) is 5.75 Å². The molecular weight excluding hydrogens is 338 g/mol. The van der Waals surface area contributed by atoms with Crippen LogP contribution in [0.3, 0.4) is 0 Å². The molecule has 2 N–H and O–H groups in total. The van der Waals surface area contributed by atoms with Crippen molar-refractivity contribution in [2.45, 2.75) is 0 Å². The Morgan fingerprint density at radius 3 is 2.52 bits per heavy atom. The molecule has 0 atom stereocenters. The van der Waals surface area contributed by atoms with E-state index in [0.717, 1.165) is 37.1 Å². The largest absolute Gasteiger partial charge is 0.507 e. The van der Waals surface area contributed by atoms with Crippen molar-refractivity contribution in [3.05, 3.63) is 42.5 Å². The smallest absolute Gasteiger partial charge is 0.125 e. The average Bonchev–Trinajstić information content (AvgIpc) is 2.58. The number of fused-ring (bicyclic) bond motifs is 1. The third kappa shape index (κ3) is 2.59. The zero-order chi connectivity index (χ0) is 18.6. The van der Waals surface area contributed by atoms with Gasteiger partial charge in [0, 0.05) is 56.6 Å². The number of aromatic hydroxyl groups is 1. The summed E-state index contributed by atoms with van der Waals surface area (Å²) in [5, 5.41) is 23.4. The Hall–Kier alpha value is -2.86. The van der Waals surface area contributed by atoms with E-state index in [1.54, 1.807) is 12.1 Å². The quantitative estimate of drug-likeness (QED) is 0.747. The van der Waals surface area contributed by atoms with E-state index in [9.17, 15) is 5.11 Å². The van der Waals surface area contributed by atoms with Crippen LogP contribution in [0.4, 0.5) is 11.4 Å². The van der Waals surface area contributed by atoms with E-state index in [-0.39, 0.29) is 5.75 Å². The molecule has 27 heavy (non-hydrogen) atoms. The third-order valence-electron chi connectivity index (χ3n) is 5.74. The Morgan fingerprint density at radius 2 is 1.85 bits per heavy atom. The standard InChI is InChI=1S/C21H23N5O/c1-25(2)18-8-14-7-17(15-5-3-4-6-20(15)27)24-23-16(14)9-19(18)26-12-21(13-26)10-22-11-21/h3-9,22,27H,10-13H2,1-2H3. The summed E-state index contributed by atoms with van der Waals surface area (Å²) in [6.07, 6.45) is 0. The molecule has 1 spiro atoms. The van der Waals surface area contributed by atoms with Gasteiger partial charge in [-0.25, -0.2) is 0 Å². The van der Waals surface area contributed by atoms with Crippen LogP contribution in [-0.4, -0.2) is 55.6 Å². The molecule has 2 aliphatic rings. The third-order valence-corrected chi connectivity index (χ3v) is 5.74. The molecule has 3 aromatic rings. The number of anilines is 2. The second-order valence-electron chi connectivity index (χ2n) is 8.00. The van der Waals surface area contributed by atoms with Crippen molar-refractivity contribution in [2.75, 3.05) is 50.1 Å². The summed E-state index contributed by atoms with van der Waals surface area (Å²) in [7, 11) is 4.15. The second kappa shape index (κ2) is 5.82. The zero-order valence-corrected chi connectivity index (χ0v) is 15.6. The highest BCUT2D eigenvalue weighted by Crippen LogP contribution is 2.42. The van der Waals surface area contributed by atoms with Gasteiger partial charge < -0.3 is 20.2 Å². The van der Waals surface area contributed by atoms with E-state index in [1.807, 2.05) is 18.2 Å². The maximum atomic E-state index is 10.1. The highest BCUT2D eigenvalue weighted by atomic mass is 16.3. The van der Waals surface area contributed by atoms with Crippen molar-refractivity contribution < 1.29 is 5.11 Å². The lowest BCUT2D eigenvalue weighted by Crippen LogP contribution is -2.71. The topological polar surface area (TPSA) is 64.5 Å². The molecule has 0 radical (unpaired) electrons. The highest BCUT2D eigenvalue weighted by Gasteiger charge is 2.48. The predicted molar refractivity (Wildman–Crippen MR) is 108 cm³/mol. The summed E-state index contributed by atoms with van der Waals surface area (Å²) in [6, 6.07) is 13.5. The fourth-order valence-corrected chi connectivity index (χ4v) is 4.14. The van der Waals surface area contributed by atoms with Crippen molar-refractivity contribution in [3.8, 4) is 17.0 Å². The molecule has 0 saturated carbocycles. The number of phenolic OH excluding ortho intramolecular Hbond substituents is 1. The summed E-state index contributed by atoms with van der Waals surface area (Å²) in [6.45, 7) is 4.43. The Morgan fingerprint density at radius 1 is 1.07 bits per heavy atom. The SMILES string of the molecule is CN(C)c1cc2cc(-c3ccccc3O)nnc2cc1N1CC2(CNC2)C1. The van der Waals surface area contributed by atoms with Crippen molar-refractivity contribution in [3.63, 3.8) is 0 Å². The number of benzene rings is 2. The fraction of sp³-hybridized carbons (Fsp3) is 0.333. The van der Waals surface area contributed by atoms with E-state index < -0.39 is 0 Å². The van der Waals surface area contributed by atoms with Gasteiger partial charge in [0.2, 0.25) is 0 Å². The molecule has 0 aliphatic carbocycles. The van der Waals surface area contributed by atoms with E-state index in [1.165, 1.54) is 11.4 Å². The first-order valence-corrected chi connectivity index (χ1v) is 9.28. The average molecular weight is 361 g/mol. The number of aromatic nitrogens is 2. The van der Waals surface area contributed by atoms with E-state index in [2.05, 4.69) is 51.5 Å². The van der Waals surface area contributed by atoms with Gasteiger partial charge in [-0.3, -0.25) is 0 Å². The second-order valence-corrected chi connectivity index (χ2v) is 8.00. The molecule has 1 aromatic heterocycles. The Kier molecular flexibility index (Phi) is 3.52. The number of para-hydroxylation sites is 1. The van der Waals surface area contributed by atoms with Gasteiger partial charge in [-0.15, -0.1) is 10.2 Å². The van der Waals surface area contributed by atoms with Gasteiger partial charge in [-0.1, -0.05) is 12.1 Å².